The Bertz CT molecular complexity index is 594. The third-order valence-electron chi connectivity index (χ3n) is 2.59. The second kappa shape index (κ2) is 4.98. The summed E-state index contributed by atoms with van der Waals surface area (Å²) in [4.78, 5) is 0. The first kappa shape index (κ1) is 12.3. The van der Waals surface area contributed by atoms with Crippen LogP contribution in [0.1, 0.15) is 11.1 Å². The molecule has 0 spiro atoms. The molecule has 0 aliphatic carbocycles. The Morgan fingerprint density at radius 2 is 2.11 bits per heavy atom. The lowest BCUT2D eigenvalue weighted by molar-refractivity contribution is 0.699. The SMILES string of the molecule is CNc1nn(Cc2ccc(Cl)cc2)c(N)c1C#N. The minimum atomic E-state index is 0.358. The zero-order valence-electron chi connectivity index (χ0n) is 9.81. The number of nitrogens with two attached hydrogens (primary N) is 1. The topological polar surface area (TPSA) is 79.7 Å². The molecule has 1 aromatic carbocycles. The van der Waals surface area contributed by atoms with E-state index in [0.29, 0.717) is 28.8 Å². The van der Waals surface area contributed by atoms with Gasteiger partial charge in [-0.05, 0) is 17.7 Å². The van der Waals surface area contributed by atoms with Crippen LogP contribution in [0.4, 0.5) is 11.6 Å². The van der Waals surface area contributed by atoms with E-state index in [-0.39, 0.29) is 0 Å². The summed E-state index contributed by atoms with van der Waals surface area (Å²) in [6.07, 6.45) is 0. The standard InChI is InChI=1S/C12H12ClN5/c1-16-12-10(6-14)11(15)18(17-12)7-8-2-4-9(13)5-3-8/h2-5H,7,15H2,1H3,(H,16,17). The van der Waals surface area contributed by atoms with Gasteiger partial charge in [-0.3, -0.25) is 0 Å². The minimum absolute atomic E-state index is 0.358. The van der Waals surface area contributed by atoms with Crippen molar-refractivity contribution in [2.75, 3.05) is 18.1 Å². The van der Waals surface area contributed by atoms with Crippen molar-refractivity contribution < 1.29 is 0 Å². The first-order valence-corrected chi connectivity index (χ1v) is 5.72. The van der Waals surface area contributed by atoms with Crippen molar-refractivity contribution >= 4 is 23.2 Å². The lowest BCUT2D eigenvalue weighted by atomic mass is 10.2. The van der Waals surface area contributed by atoms with Crippen molar-refractivity contribution in [3.05, 3.63) is 40.4 Å². The van der Waals surface area contributed by atoms with Crippen LogP contribution in [0.25, 0.3) is 0 Å². The van der Waals surface area contributed by atoms with Crippen LogP contribution in [-0.2, 0) is 6.54 Å². The normalized spacial score (nSPS) is 10.1. The Kier molecular flexibility index (Phi) is 3.40. The van der Waals surface area contributed by atoms with Crippen molar-refractivity contribution in [2.45, 2.75) is 6.54 Å². The number of nitrogens with zero attached hydrogens (tertiary/aromatic N) is 3. The van der Waals surface area contributed by atoms with Gasteiger partial charge in [0, 0.05) is 12.1 Å². The highest BCUT2D eigenvalue weighted by molar-refractivity contribution is 6.30. The van der Waals surface area contributed by atoms with Crippen molar-refractivity contribution in [3.8, 4) is 6.07 Å². The van der Waals surface area contributed by atoms with E-state index in [1.54, 1.807) is 23.9 Å². The molecule has 3 N–H and O–H groups in total. The summed E-state index contributed by atoms with van der Waals surface area (Å²) in [5.41, 5.74) is 7.26. The van der Waals surface area contributed by atoms with Gasteiger partial charge < -0.3 is 11.1 Å². The van der Waals surface area contributed by atoms with Crippen molar-refractivity contribution in [3.63, 3.8) is 0 Å². The first-order valence-electron chi connectivity index (χ1n) is 5.34. The molecule has 6 heteroatoms. The summed E-state index contributed by atoms with van der Waals surface area (Å²) < 4.78 is 1.59. The van der Waals surface area contributed by atoms with Gasteiger partial charge in [0.2, 0.25) is 0 Å². The highest BCUT2D eigenvalue weighted by Crippen LogP contribution is 2.21. The number of nitrogens with one attached hydrogen (secondary N) is 1. The molecular weight excluding hydrogens is 250 g/mol. The molecule has 0 unspecified atom stereocenters. The number of aromatic nitrogens is 2. The van der Waals surface area contributed by atoms with Gasteiger partial charge in [-0.1, -0.05) is 23.7 Å². The molecule has 0 bridgehead atoms. The van der Waals surface area contributed by atoms with Gasteiger partial charge in [-0.15, -0.1) is 0 Å². The number of rotatable bonds is 3. The van der Waals surface area contributed by atoms with Gasteiger partial charge in [-0.25, -0.2) is 4.68 Å². The summed E-state index contributed by atoms with van der Waals surface area (Å²) >= 11 is 5.82. The number of benzene rings is 1. The summed E-state index contributed by atoms with van der Waals surface area (Å²) in [7, 11) is 1.70. The van der Waals surface area contributed by atoms with Gasteiger partial charge in [0.25, 0.3) is 0 Å². The largest absolute Gasteiger partial charge is 0.383 e. The first-order chi connectivity index (χ1) is 8.65. The molecular formula is C12H12ClN5. The second-order valence-electron chi connectivity index (χ2n) is 3.75. The van der Waals surface area contributed by atoms with Crippen LogP contribution in [0.3, 0.4) is 0 Å². The fourth-order valence-corrected chi connectivity index (χ4v) is 1.77. The fraction of sp³-hybridized carbons (Fsp3) is 0.167. The molecule has 0 aliphatic heterocycles. The quantitative estimate of drug-likeness (QED) is 0.887. The van der Waals surface area contributed by atoms with E-state index in [0.717, 1.165) is 5.56 Å². The molecule has 0 amide bonds. The maximum Gasteiger partial charge on any atom is 0.168 e. The molecule has 0 saturated carbocycles. The zero-order valence-corrected chi connectivity index (χ0v) is 10.6. The predicted molar refractivity (Wildman–Crippen MR) is 71.5 cm³/mol. The van der Waals surface area contributed by atoms with Gasteiger partial charge >= 0.3 is 0 Å². The van der Waals surface area contributed by atoms with Crippen LogP contribution in [0.15, 0.2) is 24.3 Å². The molecule has 1 aromatic heterocycles. The van der Waals surface area contributed by atoms with Crippen LogP contribution in [-0.4, -0.2) is 16.8 Å². The number of halogens is 1. The monoisotopic (exact) mass is 261 g/mol. The molecule has 0 atom stereocenters. The van der Waals surface area contributed by atoms with Gasteiger partial charge in [0.05, 0.1) is 6.54 Å². The van der Waals surface area contributed by atoms with Gasteiger partial charge in [0.1, 0.15) is 17.5 Å². The van der Waals surface area contributed by atoms with E-state index in [1.165, 1.54) is 0 Å². The predicted octanol–water partition coefficient (Wildman–Crippen LogP) is 2.08. The summed E-state index contributed by atoms with van der Waals surface area (Å²) in [5, 5.41) is 16.8. The molecule has 0 fully saturated rings. The van der Waals surface area contributed by atoms with E-state index in [9.17, 15) is 0 Å². The van der Waals surface area contributed by atoms with E-state index >= 15 is 0 Å². The van der Waals surface area contributed by atoms with Crippen molar-refractivity contribution in [2.24, 2.45) is 0 Å². The van der Waals surface area contributed by atoms with E-state index in [2.05, 4.69) is 10.4 Å². The Hall–Kier alpha value is -2.19. The molecule has 1 heterocycles. The Morgan fingerprint density at radius 3 is 2.61 bits per heavy atom. The Balaban J connectivity index is 2.32. The molecule has 5 nitrogen and oxygen atoms in total. The molecule has 18 heavy (non-hydrogen) atoms. The molecule has 0 radical (unpaired) electrons. The number of hydrogen-bond donors (Lipinski definition) is 2. The van der Waals surface area contributed by atoms with E-state index in [1.807, 2.05) is 18.2 Å². The third-order valence-corrected chi connectivity index (χ3v) is 2.84. The highest BCUT2D eigenvalue weighted by Gasteiger charge is 2.14. The maximum absolute atomic E-state index is 9.01. The molecule has 92 valence electrons. The van der Waals surface area contributed by atoms with Crippen LogP contribution in [0.2, 0.25) is 5.02 Å². The smallest absolute Gasteiger partial charge is 0.168 e. The number of nitriles is 1. The van der Waals surface area contributed by atoms with Crippen LogP contribution < -0.4 is 11.1 Å². The van der Waals surface area contributed by atoms with E-state index < -0.39 is 0 Å². The van der Waals surface area contributed by atoms with Gasteiger partial charge in [-0.2, -0.15) is 10.4 Å². The lowest BCUT2D eigenvalue weighted by Gasteiger charge is -2.04. The molecule has 0 aliphatic rings. The Morgan fingerprint density at radius 1 is 1.44 bits per heavy atom. The number of hydrogen-bond acceptors (Lipinski definition) is 4. The number of anilines is 2. The molecule has 0 saturated heterocycles. The third kappa shape index (κ3) is 2.24. The van der Waals surface area contributed by atoms with Crippen LogP contribution in [0, 0.1) is 11.3 Å². The van der Waals surface area contributed by atoms with Crippen LogP contribution in [0.5, 0.6) is 0 Å². The van der Waals surface area contributed by atoms with Gasteiger partial charge in [0.15, 0.2) is 5.82 Å². The summed E-state index contributed by atoms with van der Waals surface area (Å²) in [6, 6.07) is 9.45. The highest BCUT2D eigenvalue weighted by atomic mass is 35.5. The lowest BCUT2D eigenvalue weighted by Crippen LogP contribution is -2.06. The Labute approximate surface area is 110 Å². The minimum Gasteiger partial charge on any atom is -0.383 e. The van der Waals surface area contributed by atoms with Crippen molar-refractivity contribution in [1.29, 1.82) is 5.26 Å². The summed E-state index contributed by atoms with van der Waals surface area (Å²) in [5.74, 6) is 0.848. The number of nitrogen functional groups attached to an aromatic ring is 1. The van der Waals surface area contributed by atoms with E-state index in [4.69, 9.17) is 22.6 Å². The van der Waals surface area contributed by atoms with Crippen molar-refractivity contribution in [1.82, 2.24) is 9.78 Å². The fourth-order valence-electron chi connectivity index (χ4n) is 1.64. The average molecular weight is 262 g/mol. The molecule has 2 rings (SSSR count). The van der Waals surface area contributed by atoms with Crippen LogP contribution >= 0.6 is 11.6 Å². The maximum atomic E-state index is 9.01. The summed E-state index contributed by atoms with van der Waals surface area (Å²) in [6.45, 7) is 0.499. The average Bonchev–Trinajstić information content (AvgIpc) is 2.68. The molecule has 2 aromatic rings. The zero-order chi connectivity index (χ0) is 13.1. The second-order valence-corrected chi connectivity index (χ2v) is 4.19.